The third-order valence-corrected chi connectivity index (χ3v) is 4.87. The van der Waals surface area contributed by atoms with Crippen LogP contribution in [0.4, 0.5) is 0 Å². The molecular weight excluding hydrogens is 350 g/mol. The van der Waals surface area contributed by atoms with E-state index in [1.165, 1.54) is 11.8 Å². The number of fused-ring (bicyclic) bond motifs is 1. The lowest BCUT2D eigenvalue weighted by molar-refractivity contribution is -0.285. The minimum absolute atomic E-state index is 0.292. The van der Waals surface area contributed by atoms with Gasteiger partial charge in [0.25, 0.3) is 0 Å². The van der Waals surface area contributed by atoms with Gasteiger partial charge in [0.2, 0.25) is 6.29 Å². The van der Waals surface area contributed by atoms with Crippen molar-refractivity contribution in [3.63, 3.8) is 0 Å². The van der Waals surface area contributed by atoms with Crippen molar-refractivity contribution in [3.05, 3.63) is 29.8 Å². The number of ether oxygens (including phenoxy) is 2. The molecule has 0 spiro atoms. The lowest BCUT2D eigenvalue weighted by Gasteiger charge is -2.39. The SMILES string of the molecule is CSc1[nH]c2ccccc2c1C(=O)O[C@@H]1O[C@H](CO)[C@@H](O)[C@H](O)[C@H]1O. The zero-order valence-electron chi connectivity index (χ0n) is 13.3. The molecule has 1 fully saturated rings. The Morgan fingerprint density at radius 1 is 1.24 bits per heavy atom. The summed E-state index contributed by atoms with van der Waals surface area (Å²) >= 11 is 1.33. The molecule has 1 aliphatic rings. The monoisotopic (exact) mass is 369 g/mol. The Morgan fingerprint density at radius 2 is 1.96 bits per heavy atom. The van der Waals surface area contributed by atoms with Crippen molar-refractivity contribution in [1.29, 1.82) is 0 Å². The maximum absolute atomic E-state index is 12.6. The Kier molecular flexibility index (Phi) is 5.32. The zero-order chi connectivity index (χ0) is 18.1. The van der Waals surface area contributed by atoms with E-state index in [-0.39, 0.29) is 0 Å². The van der Waals surface area contributed by atoms with E-state index in [1.807, 2.05) is 12.1 Å². The fraction of sp³-hybridized carbons (Fsp3) is 0.438. The van der Waals surface area contributed by atoms with E-state index in [2.05, 4.69) is 4.98 Å². The van der Waals surface area contributed by atoms with Crippen LogP contribution in [-0.2, 0) is 9.47 Å². The van der Waals surface area contributed by atoms with Crippen molar-refractivity contribution in [2.75, 3.05) is 12.9 Å². The molecule has 5 atom stereocenters. The standard InChI is InChI=1S/C16H19NO7S/c1-25-14-10(7-4-2-3-5-8(7)17-14)15(22)24-16-13(21)12(20)11(19)9(6-18)23-16/h2-5,9,11-13,16-21H,6H2,1H3/t9-,11-,12+,13-,16+/m1/s1. The smallest absolute Gasteiger partial charge is 0.343 e. The van der Waals surface area contributed by atoms with Crippen LogP contribution in [-0.4, -0.2) is 74.9 Å². The number of rotatable bonds is 4. The second-order valence-corrected chi connectivity index (χ2v) is 6.50. The summed E-state index contributed by atoms with van der Waals surface area (Å²) in [4.78, 5) is 15.8. The average molecular weight is 369 g/mol. The minimum atomic E-state index is -1.63. The first-order chi connectivity index (χ1) is 12.0. The van der Waals surface area contributed by atoms with Gasteiger partial charge < -0.3 is 34.9 Å². The molecule has 1 aromatic heterocycles. The first-order valence-electron chi connectivity index (χ1n) is 7.64. The first-order valence-corrected chi connectivity index (χ1v) is 8.86. The number of esters is 1. The largest absolute Gasteiger partial charge is 0.429 e. The molecular formula is C16H19NO7S. The number of aliphatic hydroxyl groups excluding tert-OH is 4. The third-order valence-electron chi connectivity index (χ3n) is 4.15. The molecule has 1 saturated heterocycles. The molecule has 0 unspecified atom stereocenters. The van der Waals surface area contributed by atoms with Gasteiger partial charge in [-0.2, -0.15) is 0 Å². The highest BCUT2D eigenvalue weighted by Gasteiger charge is 2.45. The highest BCUT2D eigenvalue weighted by molar-refractivity contribution is 7.98. The van der Waals surface area contributed by atoms with Crippen LogP contribution in [0.5, 0.6) is 0 Å². The summed E-state index contributed by atoms with van der Waals surface area (Å²) in [7, 11) is 0. The van der Waals surface area contributed by atoms with Gasteiger partial charge in [0.1, 0.15) is 24.4 Å². The maximum Gasteiger partial charge on any atom is 0.343 e. The number of aromatic nitrogens is 1. The van der Waals surface area contributed by atoms with Crippen molar-refractivity contribution in [2.45, 2.75) is 35.7 Å². The van der Waals surface area contributed by atoms with Crippen molar-refractivity contribution in [3.8, 4) is 0 Å². The lowest BCUT2D eigenvalue weighted by Crippen LogP contribution is -2.59. The average Bonchev–Trinajstić information content (AvgIpc) is 3.00. The van der Waals surface area contributed by atoms with Gasteiger partial charge in [-0.3, -0.25) is 0 Å². The number of H-pyrrole nitrogens is 1. The normalized spacial score (nSPS) is 29.7. The van der Waals surface area contributed by atoms with Crippen molar-refractivity contribution in [2.24, 2.45) is 0 Å². The molecule has 136 valence electrons. The number of hydrogen-bond acceptors (Lipinski definition) is 8. The molecule has 5 N–H and O–H groups in total. The first kappa shape index (κ1) is 18.2. The molecule has 0 radical (unpaired) electrons. The molecule has 0 saturated carbocycles. The van der Waals surface area contributed by atoms with Crippen LogP contribution in [0.3, 0.4) is 0 Å². The fourth-order valence-corrected chi connectivity index (χ4v) is 3.41. The summed E-state index contributed by atoms with van der Waals surface area (Å²) in [6, 6.07) is 7.19. The van der Waals surface area contributed by atoms with E-state index in [9.17, 15) is 25.2 Å². The number of aromatic amines is 1. The van der Waals surface area contributed by atoms with Crippen molar-refractivity contribution < 1.29 is 34.7 Å². The van der Waals surface area contributed by atoms with E-state index < -0.39 is 43.3 Å². The van der Waals surface area contributed by atoms with Gasteiger partial charge in [-0.1, -0.05) is 18.2 Å². The number of hydrogen-bond donors (Lipinski definition) is 5. The van der Waals surface area contributed by atoms with Crippen molar-refractivity contribution in [1.82, 2.24) is 4.98 Å². The highest BCUT2D eigenvalue weighted by atomic mass is 32.2. The second kappa shape index (κ2) is 7.32. The van der Waals surface area contributed by atoms with E-state index in [0.29, 0.717) is 16.0 Å². The van der Waals surface area contributed by atoms with Crippen LogP contribution in [0.2, 0.25) is 0 Å². The van der Waals surface area contributed by atoms with Crippen LogP contribution in [0.25, 0.3) is 10.9 Å². The minimum Gasteiger partial charge on any atom is -0.429 e. The van der Waals surface area contributed by atoms with E-state index in [4.69, 9.17) is 9.47 Å². The highest BCUT2D eigenvalue weighted by Crippen LogP contribution is 2.30. The Morgan fingerprint density at radius 3 is 2.64 bits per heavy atom. The summed E-state index contributed by atoms with van der Waals surface area (Å²) in [5.74, 6) is -0.744. The van der Waals surface area contributed by atoms with E-state index in [1.54, 1.807) is 18.4 Å². The fourth-order valence-electron chi connectivity index (χ4n) is 2.80. The maximum atomic E-state index is 12.6. The van der Waals surface area contributed by atoms with Gasteiger partial charge >= 0.3 is 5.97 Å². The summed E-state index contributed by atoms with van der Waals surface area (Å²) in [6.07, 6.45) is -5.60. The van der Waals surface area contributed by atoms with Crippen LogP contribution in [0.15, 0.2) is 29.3 Å². The summed E-state index contributed by atoms with van der Waals surface area (Å²) < 4.78 is 10.4. The Labute approximate surface area is 147 Å². The van der Waals surface area contributed by atoms with Crippen molar-refractivity contribution >= 4 is 28.6 Å². The predicted molar refractivity (Wildman–Crippen MR) is 89.3 cm³/mol. The number of para-hydroxylation sites is 1. The molecule has 2 heterocycles. The summed E-state index contributed by atoms with van der Waals surface area (Å²) in [5, 5.41) is 40.0. The third kappa shape index (κ3) is 3.26. The summed E-state index contributed by atoms with van der Waals surface area (Å²) in [6.45, 7) is -0.595. The van der Waals surface area contributed by atoms with Gasteiger partial charge in [0.15, 0.2) is 0 Å². The van der Waals surface area contributed by atoms with Gasteiger partial charge in [0.05, 0.1) is 17.2 Å². The molecule has 8 nitrogen and oxygen atoms in total. The quantitative estimate of drug-likeness (QED) is 0.371. The number of benzene rings is 1. The topological polar surface area (TPSA) is 132 Å². The van der Waals surface area contributed by atoms with Gasteiger partial charge in [-0.25, -0.2) is 4.79 Å². The predicted octanol–water partition coefficient (Wildman–Crippen LogP) is -0.154. The van der Waals surface area contributed by atoms with E-state index >= 15 is 0 Å². The number of carbonyl (C=O) groups excluding carboxylic acids is 1. The molecule has 3 rings (SSSR count). The molecule has 25 heavy (non-hydrogen) atoms. The number of thioether (sulfide) groups is 1. The van der Waals surface area contributed by atoms with E-state index in [0.717, 1.165) is 5.52 Å². The van der Waals surface area contributed by atoms with Gasteiger partial charge in [-0.15, -0.1) is 11.8 Å². The lowest BCUT2D eigenvalue weighted by atomic mass is 9.99. The number of aliphatic hydroxyl groups is 4. The Bertz CT molecular complexity index is 762. The number of nitrogens with one attached hydrogen (secondary N) is 1. The molecule has 0 amide bonds. The van der Waals surface area contributed by atoms with Crippen LogP contribution < -0.4 is 0 Å². The zero-order valence-corrected chi connectivity index (χ0v) is 14.1. The molecule has 1 aliphatic heterocycles. The molecule has 2 aromatic rings. The Balaban J connectivity index is 1.87. The van der Waals surface area contributed by atoms with Crippen LogP contribution in [0, 0.1) is 0 Å². The molecule has 0 aliphatic carbocycles. The molecule has 1 aromatic carbocycles. The number of carbonyl (C=O) groups is 1. The van der Waals surface area contributed by atoms with Crippen LogP contribution in [0.1, 0.15) is 10.4 Å². The molecule has 9 heteroatoms. The molecule has 0 bridgehead atoms. The Hall–Kier alpha value is -1.62. The summed E-state index contributed by atoms with van der Waals surface area (Å²) in [5.41, 5.74) is 1.05. The second-order valence-electron chi connectivity index (χ2n) is 5.68. The van der Waals surface area contributed by atoms with Crippen LogP contribution >= 0.6 is 11.8 Å². The van der Waals surface area contributed by atoms with Gasteiger partial charge in [-0.05, 0) is 12.3 Å². The van der Waals surface area contributed by atoms with Gasteiger partial charge in [0, 0.05) is 10.9 Å².